The number of fused-ring (bicyclic) bond motifs is 1. The molecule has 0 saturated carbocycles. The van der Waals surface area contributed by atoms with Crippen molar-refractivity contribution in [1.29, 1.82) is 0 Å². The van der Waals surface area contributed by atoms with Gasteiger partial charge in [0.2, 0.25) is 0 Å². The highest BCUT2D eigenvalue weighted by Crippen LogP contribution is 2.39. The second-order valence-corrected chi connectivity index (χ2v) is 20.1. The Morgan fingerprint density at radius 2 is 1.11 bits per heavy atom. The van der Waals surface area contributed by atoms with Crippen molar-refractivity contribution in [2.75, 3.05) is 90.3 Å². The Morgan fingerprint density at radius 1 is 0.648 bits per heavy atom. The highest BCUT2D eigenvalue weighted by Gasteiger charge is 2.28. The molecule has 1 unspecified atom stereocenters. The SMILES string of the molecule is CN1Cc2c(Cl)cc(Cl)cc2C(c2cccc(S(=O)(=O)CCCOCCOCCOCCCS(=O)(=O)c3cccc(S(=O)(=O)CCCOCCO)c3)c2)C1. The lowest BCUT2D eigenvalue weighted by Crippen LogP contribution is -2.31. The molecule has 0 fully saturated rings. The van der Waals surface area contributed by atoms with E-state index in [1.54, 1.807) is 24.3 Å². The predicted octanol–water partition coefficient (Wildman–Crippen LogP) is 4.82. The van der Waals surface area contributed by atoms with Crippen LogP contribution >= 0.6 is 23.2 Å². The van der Waals surface area contributed by atoms with Crippen LogP contribution in [0.25, 0.3) is 0 Å². The van der Waals surface area contributed by atoms with Gasteiger partial charge in [0.25, 0.3) is 0 Å². The molecule has 1 heterocycles. The highest BCUT2D eigenvalue weighted by molar-refractivity contribution is 7.92. The van der Waals surface area contributed by atoms with E-state index in [-0.39, 0.29) is 110 Å². The predicted molar refractivity (Wildman–Crippen MR) is 208 cm³/mol. The van der Waals surface area contributed by atoms with Crippen LogP contribution in [0.1, 0.15) is 41.9 Å². The lowest BCUT2D eigenvalue weighted by atomic mass is 9.85. The maximum absolute atomic E-state index is 13.2. The Morgan fingerprint density at radius 3 is 1.63 bits per heavy atom. The average Bonchev–Trinajstić information content (AvgIpc) is 3.13. The number of hydrogen-bond acceptors (Lipinski definition) is 12. The molecule has 1 N–H and O–H groups in total. The Bertz CT molecular complexity index is 2000. The summed E-state index contributed by atoms with van der Waals surface area (Å²) in [7, 11) is -8.96. The van der Waals surface area contributed by atoms with Crippen molar-refractivity contribution in [2.45, 2.75) is 46.4 Å². The fourth-order valence-corrected chi connectivity index (χ4v) is 10.7. The third-order valence-corrected chi connectivity index (χ3v) is 14.7. The largest absolute Gasteiger partial charge is 0.394 e. The number of rotatable bonds is 24. The van der Waals surface area contributed by atoms with Crippen LogP contribution in [-0.2, 0) is 55.0 Å². The minimum atomic E-state index is -3.73. The summed E-state index contributed by atoms with van der Waals surface area (Å²) in [6.07, 6.45) is 0.758. The first-order chi connectivity index (χ1) is 25.7. The van der Waals surface area contributed by atoms with Crippen molar-refractivity contribution in [3.63, 3.8) is 0 Å². The van der Waals surface area contributed by atoms with Gasteiger partial charge in [-0.3, -0.25) is 0 Å². The molecule has 300 valence electrons. The zero-order valence-electron chi connectivity index (χ0n) is 30.3. The number of aliphatic hydroxyl groups is 1. The molecule has 3 aromatic carbocycles. The molecule has 0 aliphatic carbocycles. The van der Waals surface area contributed by atoms with Gasteiger partial charge < -0.3 is 29.0 Å². The maximum atomic E-state index is 13.2. The summed E-state index contributed by atoms with van der Waals surface area (Å²) in [5.41, 5.74) is 2.90. The van der Waals surface area contributed by atoms with Gasteiger partial charge in [-0.1, -0.05) is 41.4 Å². The van der Waals surface area contributed by atoms with Crippen LogP contribution < -0.4 is 0 Å². The summed E-state index contributed by atoms with van der Waals surface area (Å²) < 4.78 is 98.9. The summed E-state index contributed by atoms with van der Waals surface area (Å²) >= 11 is 12.8. The van der Waals surface area contributed by atoms with Crippen LogP contribution in [0.2, 0.25) is 10.0 Å². The van der Waals surface area contributed by atoms with Gasteiger partial charge in [-0.05, 0) is 85.5 Å². The third-order valence-electron chi connectivity index (χ3n) is 8.72. The van der Waals surface area contributed by atoms with Crippen LogP contribution in [0.15, 0.2) is 75.4 Å². The molecule has 4 rings (SSSR count). The molecule has 0 amide bonds. The number of ether oxygens (including phenoxy) is 4. The molecule has 3 aromatic rings. The van der Waals surface area contributed by atoms with Crippen LogP contribution in [-0.4, -0.2) is 126 Å². The Kier molecular flexibility index (Phi) is 17.7. The van der Waals surface area contributed by atoms with E-state index < -0.39 is 29.5 Å². The summed E-state index contributed by atoms with van der Waals surface area (Å²) in [5, 5.41) is 9.89. The van der Waals surface area contributed by atoms with Crippen LogP contribution in [0.3, 0.4) is 0 Å². The second kappa shape index (κ2) is 21.4. The van der Waals surface area contributed by atoms with Crippen molar-refractivity contribution in [2.24, 2.45) is 0 Å². The van der Waals surface area contributed by atoms with Gasteiger partial charge in [-0.15, -0.1) is 0 Å². The molecule has 1 atom stereocenters. The zero-order valence-corrected chi connectivity index (χ0v) is 34.3. The summed E-state index contributed by atoms with van der Waals surface area (Å²) in [6, 6.07) is 16.0. The summed E-state index contributed by atoms with van der Waals surface area (Å²) in [5.74, 6) is -0.543. The van der Waals surface area contributed by atoms with E-state index in [4.69, 9.17) is 47.3 Å². The first-order valence-electron chi connectivity index (χ1n) is 17.7. The third kappa shape index (κ3) is 13.5. The van der Waals surface area contributed by atoms with Gasteiger partial charge >= 0.3 is 0 Å². The summed E-state index contributed by atoms with van der Waals surface area (Å²) in [6.45, 7) is 3.05. The van der Waals surface area contributed by atoms with E-state index in [9.17, 15) is 25.3 Å². The standard InChI is InChI=1S/C37H49Cl2NO11S3/c1-40-27-35(34-24-30(38)25-37(39)36(34)28-40)29-7-2-8-31(23-29)52(42,43)20-5-13-49-16-18-51-19-17-50-14-6-22-54(46,47)33-10-3-9-32(26-33)53(44,45)21-4-12-48-15-11-41/h2-3,7-10,23-26,35,41H,4-6,11-22,27-28H2,1H3. The van der Waals surface area contributed by atoms with Crippen molar-refractivity contribution in [1.82, 2.24) is 4.90 Å². The molecule has 0 saturated heterocycles. The molecule has 0 spiro atoms. The topological polar surface area (TPSA) is 163 Å². The minimum Gasteiger partial charge on any atom is -0.394 e. The van der Waals surface area contributed by atoms with Gasteiger partial charge in [0, 0.05) is 48.9 Å². The molecule has 12 nitrogen and oxygen atoms in total. The lowest BCUT2D eigenvalue weighted by molar-refractivity contribution is 0.0149. The van der Waals surface area contributed by atoms with E-state index in [1.165, 1.54) is 24.3 Å². The molecule has 0 radical (unpaired) electrons. The van der Waals surface area contributed by atoms with E-state index in [0.29, 0.717) is 29.6 Å². The van der Waals surface area contributed by atoms with Crippen molar-refractivity contribution < 1.29 is 49.3 Å². The molecule has 54 heavy (non-hydrogen) atoms. The fourth-order valence-electron chi connectivity index (χ4n) is 6.03. The second-order valence-electron chi connectivity index (χ2n) is 12.9. The molecular weight excluding hydrogens is 802 g/mol. The number of nitrogens with zero attached hydrogens (tertiary/aromatic N) is 1. The number of benzene rings is 3. The highest BCUT2D eigenvalue weighted by atomic mass is 35.5. The van der Waals surface area contributed by atoms with Crippen LogP contribution in [0, 0.1) is 0 Å². The normalized spacial score (nSPS) is 15.4. The van der Waals surface area contributed by atoms with Gasteiger partial charge in [0.15, 0.2) is 29.5 Å². The number of halogens is 2. The van der Waals surface area contributed by atoms with E-state index in [0.717, 1.165) is 16.7 Å². The van der Waals surface area contributed by atoms with Gasteiger partial charge in [-0.25, -0.2) is 25.3 Å². The number of likely N-dealkylation sites (N-methyl/N-ethyl adjacent to an activating group) is 1. The number of hydrogen-bond donors (Lipinski definition) is 1. The first kappa shape index (κ1) is 44.6. The summed E-state index contributed by atoms with van der Waals surface area (Å²) in [4.78, 5) is 2.28. The van der Waals surface area contributed by atoms with Crippen molar-refractivity contribution in [3.05, 3.63) is 87.4 Å². The van der Waals surface area contributed by atoms with Crippen LogP contribution in [0.5, 0.6) is 0 Å². The first-order valence-corrected chi connectivity index (χ1v) is 23.4. The Labute approximate surface area is 329 Å². The lowest BCUT2D eigenvalue weighted by Gasteiger charge is -2.33. The zero-order chi connectivity index (χ0) is 39.2. The fraction of sp³-hybridized carbons (Fsp3) is 0.514. The van der Waals surface area contributed by atoms with Gasteiger partial charge in [0.05, 0.1) is 71.6 Å². The minimum absolute atomic E-state index is 0.0627. The Balaban J connectivity index is 1.09. The molecule has 0 aromatic heterocycles. The molecule has 0 bridgehead atoms. The Hall–Kier alpha value is -2.15. The molecule has 1 aliphatic rings. The molecule has 17 heteroatoms. The van der Waals surface area contributed by atoms with E-state index >= 15 is 0 Å². The molecule has 1 aliphatic heterocycles. The number of sulfone groups is 3. The van der Waals surface area contributed by atoms with Gasteiger partial charge in [0.1, 0.15) is 0 Å². The average molecular weight is 851 g/mol. The van der Waals surface area contributed by atoms with Crippen molar-refractivity contribution in [3.8, 4) is 0 Å². The smallest absolute Gasteiger partial charge is 0.178 e. The quantitative estimate of drug-likeness (QED) is 0.123. The maximum Gasteiger partial charge on any atom is 0.178 e. The monoisotopic (exact) mass is 849 g/mol. The van der Waals surface area contributed by atoms with Crippen LogP contribution in [0.4, 0.5) is 0 Å². The van der Waals surface area contributed by atoms with Gasteiger partial charge in [-0.2, -0.15) is 0 Å². The molecular formula is C37H49Cl2NO11S3. The van der Waals surface area contributed by atoms with Crippen molar-refractivity contribution >= 4 is 52.7 Å². The number of aliphatic hydroxyl groups excluding tert-OH is 1. The van der Waals surface area contributed by atoms with E-state index in [1.807, 2.05) is 19.2 Å². The van der Waals surface area contributed by atoms with E-state index in [2.05, 4.69) is 4.90 Å².